The standard InChI is InChI=1S/C24H18N2O2S/c27-23-22(28-24(29)25-23)13-7-8-18-14-16-21(17-15-18)26(19-9-3-1-4-10-19)20-11-5-2-6-12-20/h1-17H,(H,25,27,29). The molecule has 1 aliphatic heterocycles. The van der Waals surface area contributed by atoms with E-state index in [2.05, 4.69) is 46.6 Å². The highest BCUT2D eigenvalue weighted by Gasteiger charge is 2.22. The van der Waals surface area contributed by atoms with Crippen molar-refractivity contribution in [2.75, 3.05) is 4.90 Å². The van der Waals surface area contributed by atoms with Crippen molar-refractivity contribution in [2.45, 2.75) is 0 Å². The maximum Gasteiger partial charge on any atom is 0.294 e. The van der Waals surface area contributed by atoms with Gasteiger partial charge in [0.2, 0.25) is 0 Å². The fourth-order valence-corrected chi connectivity index (χ4v) is 3.20. The molecule has 0 spiro atoms. The van der Waals surface area contributed by atoms with E-state index in [1.165, 1.54) is 0 Å². The number of hydrogen-bond acceptors (Lipinski definition) is 4. The van der Waals surface area contributed by atoms with Gasteiger partial charge in [-0.25, -0.2) is 0 Å². The van der Waals surface area contributed by atoms with Crippen LogP contribution in [0.4, 0.5) is 17.1 Å². The largest absolute Gasteiger partial charge is 0.426 e. The van der Waals surface area contributed by atoms with Crippen LogP contribution >= 0.6 is 12.2 Å². The van der Waals surface area contributed by atoms with Gasteiger partial charge in [0, 0.05) is 17.1 Å². The second-order valence-corrected chi connectivity index (χ2v) is 6.70. The van der Waals surface area contributed by atoms with Gasteiger partial charge in [-0.05, 0) is 60.3 Å². The summed E-state index contributed by atoms with van der Waals surface area (Å²) in [7, 11) is 0. The first-order valence-corrected chi connectivity index (χ1v) is 9.53. The summed E-state index contributed by atoms with van der Waals surface area (Å²) in [4.78, 5) is 13.8. The van der Waals surface area contributed by atoms with Crippen molar-refractivity contribution in [3.8, 4) is 0 Å². The zero-order valence-electron chi connectivity index (χ0n) is 15.5. The van der Waals surface area contributed by atoms with Gasteiger partial charge in [0.05, 0.1) is 0 Å². The van der Waals surface area contributed by atoms with E-state index in [1.54, 1.807) is 12.2 Å². The van der Waals surface area contributed by atoms with Gasteiger partial charge < -0.3 is 9.64 Å². The van der Waals surface area contributed by atoms with Gasteiger partial charge in [-0.3, -0.25) is 10.1 Å². The van der Waals surface area contributed by atoms with E-state index in [0.29, 0.717) is 0 Å². The monoisotopic (exact) mass is 398 g/mol. The van der Waals surface area contributed by atoms with Gasteiger partial charge in [0.15, 0.2) is 5.76 Å². The number of allylic oxidation sites excluding steroid dienone is 2. The fraction of sp³-hybridized carbons (Fsp3) is 0. The van der Waals surface area contributed by atoms with Crippen molar-refractivity contribution in [3.05, 3.63) is 108 Å². The van der Waals surface area contributed by atoms with Gasteiger partial charge in [0.25, 0.3) is 11.1 Å². The van der Waals surface area contributed by atoms with Gasteiger partial charge in [-0.2, -0.15) is 0 Å². The molecule has 29 heavy (non-hydrogen) atoms. The molecule has 0 saturated carbocycles. The number of thiocarbonyl (C=S) groups is 1. The minimum absolute atomic E-state index is 0.0842. The maximum absolute atomic E-state index is 11.6. The number of nitrogens with zero attached hydrogens (tertiary/aromatic N) is 1. The van der Waals surface area contributed by atoms with Crippen LogP contribution < -0.4 is 10.2 Å². The van der Waals surface area contributed by atoms with Crippen LogP contribution in [0.5, 0.6) is 0 Å². The average Bonchev–Trinajstić information content (AvgIpc) is 3.08. The first-order valence-electron chi connectivity index (χ1n) is 9.12. The van der Waals surface area contributed by atoms with Crippen LogP contribution in [0.15, 0.2) is 103 Å². The second-order valence-electron chi connectivity index (χ2n) is 6.33. The number of ether oxygens (including phenoxy) is 1. The van der Waals surface area contributed by atoms with Crippen LogP contribution in [0.2, 0.25) is 0 Å². The normalized spacial score (nSPS) is 14.8. The highest BCUT2D eigenvalue weighted by atomic mass is 32.1. The van der Waals surface area contributed by atoms with E-state index >= 15 is 0 Å². The molecule has 4 rings (SSSR count). The van der Waals surface area contributed by atoms with Crippen molar-refractivity contribution in [1.82, 2.24) is 5.32 Å². The number of benzene rings is 3. The Morgan fingerprint density at radius 1 is 0.793 bits per heavy atom. The number of amides is 1. The Labute approximate surface area is 174 Å². The molecular formula is C24H18N2O2S. The predicted molar refractivity (Wildman–Crippen MR) is 120 cm³/mol. The Morgan fingerprint density at radius 2 is 1.34 bits per heavy atom. The van der Waals surface area contributed by atoms with E-state index in [4.69, 9.17) is 17.0 Å². The van der Waals surface area contributed by atoms with Crippen molar-refractivity contribution in [3.63, 3.8) is 0 Å². The summed E-state index contributed by atoms with van der Waals surface area (Å²) in [5.74, 6) is -0.126. The van der Waals surface area contributed by atoms with E-state index in [-0.39, 0.29) is 16.8 Å². The third kappa shape index (κ3) is 4.42. The summed E-state index contributed by atoms with van der Waals surface area (Å²) >= 11 is 4.81. The highest BCUT2D eigenvalue weighted by Crippen LogP contribution is 2.34. The summed E-state index contributed by atoms with van der Waals surface area (Å²) in [6, 6.07) is 28.7. The Balaban J connectivity index is 1.58. The summed E-state index contributed by atoms with van der Waals surface area (Å²) in [5, 5.41) is 2.51. The van der Waals surface area contributed by atoms with E-state index in [9.17, 15) is 4.79 Å². The van der Waals surface area contributed by atoms with Gasteiger partial charge >= 0.3 is 0 Å². The molecule has 1 amide bonds. The summed E-state index contributed by atoms with van der Waals surface area (Å²) < 4.78 is 5.13. The molecule has 5 heteroatoms. The quantitative estimate of drug-likeness (QED) is 0.456. The van der Waals surface area contributed by atoms with Crippen LogP contribution in [0.3, 0.4) is 0 Å². The number of rotatable bonds is 5. The van der Waals surface area contributed by atoms with E-state index < -0.39 is 0 Å². The number of carbonyl (C=O) groups is 1. The van der Waals surface area contributed by atoms with Crippen LogP contribution in [0.1, 0.15) is 5.56 Å². The summed E-state index contributed by atoms with van der Waals surface area (Å²) in [6.07, 6.45) is 5.27. The Bertz CT molecular complexity index is 1040. The predicted octanol–water partition coefficient (Wildman–Crippen LogP) is 5.48. The molecule has 0 atom stereocenters. The summed E-state index contributed by atoms with van der Waals surface area (Å²) in [6.45, 7) is 0. The molecule has 1 heterocycles. The highest BCUT2D eigenvalue weighted by molar-refractivity contribution is 7.80. The van der Waals surface area contributed by atoms with Gasteiger partial charge in [-0.1, -0.05) is 60.7 Å². The Morgan fingerprint density at radius 3 is 1.86 bits per heavy atom. The molecule has 0 aliphatic carbocycles. The minimum Gasteiger partial charge on any atom is -0.426 e. The minimum atomic E-state index is -0.323. The topological polar surface area (TPSA) is 41.6 Å². The molecule has 1 aliphatic rings. The number of hydrogen-bond donors (Lipinski definition) is 1. The third-order valence-corrected chi connectivity index (χ3v) is 4.54. The molecule has 0 aromatic heterocycles. The van der Waals surface area contributed by atoms with E-state index in [1.807, 2.05) is 54.6 Å². The lowest BCUT2D eigenvalue weighted by molar-refractivity contribution is -0.116. The summed E-state index contributed by atoms with van der Waals surface area (Å²) in [5.41, 5.74) is 4.24. The van der Waals surface area contributed by atoms with Gasteiger partial charge in [-0.15, -0.1) is 0 Å². The lowest BCUT2D eigenvalue weighted by atomic mass is 10.1. The smallest absolute Gasteiger partial charge is 0.294 e. The molecule has 142 valence electrons. The zero-order valence-corrected chi connectivity index (χ0v) is 16.3. The van der Waals surface area contributed by atoms with Gasteiger partial charge in [0.1, 0.15) is 0 Å². The lowest BCUT2D eigenvalue weighted by Gasteiger charge is -2.25. The lowest BCUT2D eigenvalue weighted by Crippen LogP contribution is -2.18. The Kier molecular flexibility index (Phi) is 5.49. The number of nitrogens with one attached hydrogen (secondary N) is 1. The first-order chi connectivity index (χ1) is 14.2. The number of anilines is 3. The van der Waals surface area contributed by atoms with E-state index in [0.717, 1.165) is 22.6 Å². The van der Waals surface area contributed by atoms with Crippen LogP contribution in [-0.2, 0) is 9.53 Å². The molecule has 3 aromatic carbocycles. The first kappa shape index (κ1) is 18.7. The zero-order chi connectivity index (χ0) is 20.1. The molecular weight excluding hydrogens is 380 g/mol. The fourth-order valence-electron chi connectivity index (χ4n) is 3.02. The van der Waals surface area contributed by atoms with Crippen molar-refractivity contribution >= 4 is 46.4 Å². The van der Waals surface area contributed by atoms with Crippen LogP contribution in [0, 0.1) is 0 Å². The third-order valence-electron chi connectivity index (χ3n) is 4.36. The van der Waals surface area contributed by atoms with Crippen molar-refractivity contribution in [2.24, 2.45) is 0 Å². The second kappa shape index (κ2) is 8.54. The van der Waals surface area contributed by atoms with Crippen LogP contribution in [0.25, 0.3) is 6.08 Å². The molecule has 0 radical (unpaired) electrons. The molecule has 1 N–H and O–H groups in total. The number of carbonyl (C=O) groups excluding carboxylic acids is 1. The van der Waals surface area contributed by atoms with Crippen molar-refractivity contribution < 1.29 is 9.53 Å². The maximum atomic E-state index is 11.6. The van der Waals surface area contributed by atoms with Crippen LogP contribution in [-0.4, -0.2) is 11.1 Å². The molecule has 0 unspecified atom stereocenters. The molecule has 1 fully saturated rings. The SMILES string of the molecule is O=C1NC(=S)OC1=CC=Cc1ccc(N(c2ccccc2)c2ccccc2)cc1. The number of para-hydroxylation sites is 2. The molecule has 4 nitrogen and oxygen atoms in total. The Hall–Kier alpha value is -3.70. The average molecular weight is 398 g/mol. The molecule has 0 bridgehead atoms. The molecule has 3 aromatic rings. The molecule has 1 saturated heterocycles. The van der Waals surface area contributed by atoms with Crippen molar-refractivity contribution in [1.29, 1.82) is 0 Å².